The molecule has 0 heterocycles. The third-order valence-electron chi connectivity index (χ3n) is 2.13. The Morgan fingerprint density at radius 3 is 2.76 bits per heavy atom. The van der Waals surface area contributed by atoms with Crippen LogP contribution in [0.25, 0.3) is 0 Å². The van der Waals surface area contributed by atoms with Gasteiger partial charge in [0.1, 0.15) is 0 Å². The van der Waals surface area contributed by atoms with E-state index in [0.717, 1.165) is 6.07 Å². The van der Waals surface area contributed by atoms with Gasteiger partial charge in [0.2, 0.25) is 0 Å². The SMILES string of the molecule is CCS(=O)CCNc1ccc([N+](=O)[O-])cc1F. The molecule has 5 nitrogen and oxygen atoms in total. The average molecular weight is 260 g/mol. The number of nitro groups is 1. The molecule has 0 spiro atoms. The van der Waals surface area contributed by atoms with Crippen molar-refractivity contribution in [3.8, 4) is 0 Å². The lowest BCUT2D eigenvalue weighted by molar-refractivity contribution is -0.385. The van der Waals surface area contributed by atoms with Crippen LogP contribution in [0.1, 0.15) is 6.92 Å². The summed E-state index contributed by atoms with van der Waals surface area (Å²) >= 11 is 0. The van der Waals surface area contributed by atoms with Crippen LogP contribution in [0.4, 0.5) is 15.8 Å². The molecular weight excluding hydrogens is 247 g/mol. The molecule has 7 heteroatoms. The molecule has 17 heavy (non-hydrogen) atoms. The van der Waals surface area contributed by atoms with Crippen LogP contribution >= 0.6 is 0 Å². The van der Waals surface area contributed by atoms with Crippen molar-refractivity contribution >= 4 is 22.2 Å². The van der Waals surface area contributed by atoms with Crippen molar-refractivity contribution in [1.29, 1.82) is 0 Å². The Hall–Kier alpha value is -1.50. The molecule has 1 unspecified atom stereocenters. The first-order valence-electron chi connectivity index (χ1n) is 5.07. The number of hydrogen-bond donors (Lipinski definition) is 1. The number of non-ortho nitro benzene ring substituents is 1. The van der Waals surface area contributed by atoms with Crippen LogP contribution in [0.2, 0.25) is 0 Å². The van der Waals surface area contributed by atoms with Gasteiger partial charge in [0.05, 0.1) is 16.7 Å². The van der Waals surface area contributed by atoms with Crippen molar-refractivity contribution < 1.29 is 13.5 Å². The van der Waals surface area contributed by atoms with E-state index in [4.69, 9.17) is 0 Å². The predicted octanol–water partition coefficient (Wildman–Crippen LogP) is 1.91. The Bertz CT molecular complexity index is 440. The van der Waals surface area contributed by atoms with Gasteiger partial charge in [0, 0.05) is 34.9 Å². The van der Waals surface area contributed by atoms with Gasteiger partial charge >= 0.3 is 0 Å². The maximum atomic E-state index is 13.4. The lowest BCUT2D eigenvalue weighted by atomic mass is 10.2. The molecule has 0 saturated heterocycles. The van der Waals surface area contributed by atoms with Crippen LogP contribution in [0.15, 0.2) is 18.2 Å². The van der Waals surface area contributed by atoms with E-state index in [0.29, 0.717) is 18.1 Å². The third-order valence-corrected chi connectivity index (χ3v) is 3.43. The summed E-state index contributed by atoms with van der Waals surface area (Å²) in [5, 5.41) is 13.1. The molecule has 1 atom stereocenters. The first-order chi connectivity index (χ1) is 8.04. The van der Waals surface area contributed by atoms with E-state index in [2.05, 4.69) is 5.32 Å². The molecule has 0 aliphatic rings. The summed E-state index contributed by atoms with van der Waals surface area (Å²) in [6.07, 6.45) is 0. The van der Waals surface area contributed by atoms with Gasteiger partial charge < -0.3 is 5.32 Å². The van der Waals surface area contributed by atoms with E-state index in [1.807, 2.05) is 6.92 Å². The minimum absolute atomic E-state index is 0.184. The average Bonchev–Trinajstić information content (AvgIpc) is 2.30. The standard InChI is InChI=1S/C10H13FN2O3S/c1-2-17(16)6-5-12-10-4-3-8(13(14)15)7-9(10)11/h3-4,7,12H,2,5-6H2,1H3. The van der Waals surface area contributed by atoms with Gasteiger partial charge in [-0.1, -0.05) is 6.92 Å². The molecular formula is C10H13FN2O3S. The Labute approximate surface area is 101 Å². The number of rotatable bonds is 6. The third kappa shape index (κ3) is 4.10. The van der Waals surface area contributed by atoms with Crippen LogP contribution < -0.4 is 5.32 Å². The zero-order valence-corrected chi connectivity index (χ0v) is 10.1. The Morgan fingerprint density at radius 2 is 2.24 bits per heavy atom. The van der Waals surface area contributed by atoms with E-state index in [-0.39, 0.29) is 11.4 Å². The second-order valence-electron chi connectivity index (χ2n) is 3.28. The molecule has 1 aromatic rings. The Kier molecular flexibility index (Phi) is 5.02. The molecule has 94 valence electrons. The Morgan fingerprint density at radius 1 is 1.53 bits per heavy atom. The van der Waals surface area contributed by atoms with Gasteiger partial charge in [-0.3, -0.25) is 14.3 Å². The molecule has 0 aliphatic carbocycles. The van der Waals surface area contributed by atoms with E-state index in [9.17, 15) is 18.7 Å². The van der Waals surface area contributed by atoms with Gasteiger partial charge in [-0.05, 0) is 6.07 Å². The highest BCUT2D eigenvalue weighted by Crippen LogP contribution is 2.20. The lowest BCUT2D eigenvalue weighted by Gasteiger charge is -2.06. The van der Waals surface area contributed by atoms with Crippen LogP contribution in [-0.4, -0.2) is 27.2 Å². The minimum atomic E-state index is -0.912. The first-order valence-corrected chi connectivity index (χ1v) is 6.56. The summed E-state index contributed by atoms with van der Waals surface area (Å²) in [6, 6.07) is 3.39. The summed E-state index contributed by atoms with van der Waals surface area (Å²) in [7, 11) is -0.912. The van der Waals surface area contributed by atoms with Crippen molar-refractivity contribution in [2.75, 3.05) is 23.4 Å². The topological polar surface area (TPSA) is 72.2 Å². The van der Waals surface area contributed by atoms with E-state index in [1.54, 1.807) is 0 Å². The van der Waals surface area contributed by atoms with E-state index in [1.165, 1.54) is 12.1 Å². The molecule has 0 aliphatic heterocycles. The number of hydrogen-bond acceptors (Lipinski definition) is 4. The van der Waals surface area contributed by atoms with Crippen molar-refractivity contribution in [2.24, 2.45) is 0 Å². The van der Waals surface area contributed by atoms with Gasteiger partial charge in [-0.15, -0.1) is 0 Å². The van der Waals surface area contributed by atoms with E-state index >= 15 is 0 Å². The predicted molar refractivity (Wildman–Crippen MR) is 65.1 cm³/mol. The largest absolute Gasteiger partial charge is 0.382 e. The van der Waals surface area contributed by atoms with Gasteiger partial charge in [-0.2, -0.15) is 0 Å². The number of benzene rings is 1. The fourth-order valence-electron chi connectivity index (χ4n) is 1.20. The van der Waals surface area contributed by atoms with Crippen molar-refractivity contribution in [3.05, 3.63) is 34.1 Å². The molecule has 0 amide bonds. The maximum absolute atomic E-state index is 13.4. The first kappa shape index (κ1) is 13.6. The summed E-state index contributed by atoms with van der Waals surface area (Å²) in [4.78, 5) is 9.73. The highest BCUT2D eigenvalue weighted by Gasteiger charge is 2.10. The number of anilines is 1. The zero-order valence-electron chi connectivity index (χ0n) is 9.31. The second-order valence-corrected chi connectivity index (χ2v) is 5.15. The fraction of sp³-hybridized carbons (Fsp3) is 0.400. The van der Waals surface area contributed by atoms with Crippen molar-refractivity contribution in [2.45, 2.75) is 6.92 Å². The van der Waals surface area contributed by atoms with E-state index < -0.39 is 21.5 Å². The molecule has 0 saturated carbocycles. The summed E-state index contributed by atoms with van der Waals surface area (Å²) in [6.45, 7) is 2.18. The van der Waals surface area contributed by atoms with Crippen molar-refractivity contribution in [1.82, 2.24) is 0 Å². The van der Waals surface area contributed by atoms with Gasteiger partial charge in [0.15, 0.2) is 5.82 Å². The maximum Gasteiger partial charge on any atom is 0.272 e. The number of nitrogens with one attached hydrogen (secondary N) is 1. The second kappa shape index (κ2) is 6.29. The molecule has 1 aromatic carbocycles. The molecule has 0 aromatic heterocycles. The Balaban J connectivity index is 2.60. The van der Waals surface area contributed by atoms with Crippen LogP contribution in [0.5, 0.6) is 0 Å². The van der Waals surface area contributed by atoms with Crippen LogP contribution in [0.3, 0.4) is 0 Å². The quantitative estimate of drug-likeness (QED) is 0.626. The summed E-state index contributed by atoms with van der Waals surface area (Å²) in [5.41, 5.74) is -0.103. The number of halogens is 1. The molecule has 1 N–H and O–H groups in total. The normalized spacial score (nSPS) is 12.1. The highest BCUT2D eigenvalue weighted by molar-refractivity contribution is 7.84. The molecule has 0 radical (unpaired) electrons. The number of nitrogens with zero attached hydrogens (tertiary/aromatic N) is 1. The monoisotopic (exact) mass is 260 g/mol. The smallest absolute Gasteiger partial charge is 0.272 e. The van der Waals surface area contributed by atoms with Gasteiger partial charge in [-0.25, -0.2) is 4.39 Å². The van der Waals surface area contributed by atoms with Crippen LogP contribution in [0, 0.1) is 15.9 Å². The minimum Gasteiger partial charge on any atom is -0.382 e. The summed E-state index contributed by atoms with van der Waals surface area (Å²) in [5.74, 6) is 0.304. The fourth-order valence-corrected chi connectivity index (χ4v) is 1.82. The lowest BCUT2D eigenvalue weighted by Crippen LogP contribution is -2.12. The van der Waals surface area contributed by atoms with Crippen molar-refractivity contribution in [3.63, 3.8) is 0 Å². The molecule has 0 fully saturated rings. The van der Waals surface area contributed by atoms with Gasteiger partial charge in [0.25, 0.3) is 5.69 Å². The molecule has 1 rings (SSSR count). The molecule has 0 bridgehead atoms. The number of nitro benzene ring substituents is 1. The zero-order chi connectivity index (χ0) is 12.8. The highest BCUT2D eigenvalue weighted by atomic mass is 32.2. The van der Waals surface area contributed by atoms with Crippen LogP contribution in [-0.2, 0) is 10.8 Å². The summed E-state index contributed by atoms with van der Waals surface area (Å²) < 4.78 is 24.5.